The minimum Gasteiger partial charge on any atom is -0.478 e. The van der Waals surface area contributed by atoms with E-state index < -0.39 is 5.97 Å². The molecular weight excluding hydrogens is 254 g/mol. The molecule has 0 aliphatic heterocycles. The first-order valence-electron chi connectivity index (χ1n) is 6.01. The van der Waals surface area contributed by atoms with Crippen LogP contribution in [0.1, 0.15) is 16.2 Å². The molecule has 3 rings (SSSR count). The lowest BCUT2D eigenvalue weighted by Gasteiger charge is -2.05. The SMILES string of the molecule is C=Cc1nc2c(C(=O)O)ccc(-c3ccccc3)n2n1. The molecule has 0 saturated heterocycles. The van der Waals surface area contributed by atoms with Gasteiger partial charge in [-0.1, -0.05) is 36.9 Å². The molecule has 0 aliphatic carbocycles. The van der Waals surface area contributed by atoms with Crippen molar-refractivity contribution in [1.29, 1.82) is 0 Å². The smallest absolute Gasteiger partial charge is 0.339 e. The number of aromatic nitrogens is 3. The molecule has 20 heavy (non-hydrogen) atoms. The van der Waals surface area contributed by atoms with E-state index in [9.17, 15) is 9.90 Å². The van der Waals surface area contributed by atoms with E-state index in [0.717, 1.165) is 11.3 Å². The molecule has 0 unspecified atom stereocenters. The van der Waals surface area contributed by atoms with Gasteiger partial charge in [0.1, 0.15) is 5.56 Å². The van der Waals surface area contributed by atoms with Gasteiger partial charge in [-0.25, -0.2) is 14.3 Å². The largest absolute Gasteiger partial charge is 0.478 e. The lowest BCUT2D eigenvalue weighted by Crippen LogP contribution is -2.03. The number of pyridine rings is 1. The zero-order valence-electron chi connectivity index (χ0n) is 10.5. The number of rotatable bonds is 3. The van der Waals surface area contributed by atoms with E-state index in [2.05, 4.69) is 16.7 Å². The van der Waals surface area contributed by atoms with Crippen molar-refractivity contribution in [3.8, 4) is 11.3 Å². The van der Waals surface area contributed by atoms with Gasteiger partial charge in [0, 0.05) is 5.56 Å². The van der Waals surface area contributed by atoms with Gasteiger partial charge in [0.25, 0.3) is 0 Å². The third-order valence-corrected chi connectivity index (χ3v) is 2.98. The summed E-state index contributed by atoms with van der Waals surface area (Å²) in [7, 11) is 0. The van der Waals surface area contributed by atoms with E-state index in [1.165, 1.54) is 10.6 Å². The lowest BCUT2D eigenvalue weighted by atomic mass is 10.1. The van der Waals surface area contributed by atoms with Crippen LogP contribution >= 0.6 is 0 Å². The molecule has 0 spiro atoms. The van der Waals surface area contributed by atoms with Crippen LogP contribution in [0.2, 0.25) is 0 Å². The highest BCUT2D eigenvalue weighted by molar-refractivity contribution is 5.95. The number of carboxylic acids is 1. The summed E-state index contributed by atoms with van der Waals surface area (Å²) in [5.74, 6) is -0.631. The maximum absolute atomic E-state index is 11.3. The van der Waals surface area contributed by atoms with Gasteiger partial charge < -0.3 is 5.11 Å². The second kappa shape index (κ2) is 4.62. The Bertz CT molecular complexity index is 807. The quantitative estimate of drug-likeness (QED) is 0.790. The predicted molar refractivity (Wildman–Crippen MR) is 75.5 cm³/mol. The number of nitrogens with zero attached hydrogens (tertiary/aromatic N) is 3. The summed E-state index contributed by atoms with van der Waals surface area (Å²) in [6.07, 6.45) is 1.49. The van der Waals surface area contributed by atoms with Gasteiger partial charge in [0.05, 0.1) is 5.69 Å². The zero-order chi connectivity index (χ0) is 14.1. The van der Waals surface area contributed by atoms with Crippen LogP contribution < -0.4 is 0 Å². The van der Waals surface area contributed by atoms with Crippen LogP contribution in [0, 0.1) is 0 Å². The Morgan fingerprint density at radius 1 is 1.20 bits per heavy atom. The summed E-state index contributed by atoms with van der Waals surface area (Å²) < 4.78 is 1.54. The molecule has 0 radical (unpaired) electrons. The predicted octanol–water partition coefficient (Wildman–Crippen LogP) is 2.74. The molecule has 2 aromatic heterocycles. The van der Waals surface area contributed by atoms with Gasteiger partial charge in [0.15, 0.2) is 11.5 Å². The van der Waals surface area contributed by atoms with Crippen LogP contribution in [0.3, 0.4) is 0 Å². The highest BCUT2D eigenvalue weighted by atomic mass is 16.4. The fourth-order valence-corrected chi connectivity index (χ4v) is 2.06. The van der Waals surface area contributed by atoms with E-state index in [4.69, 9.17) is 0 Å². The molecule has 0 fully saturated rings. The molecule has 5 nitrogen and oxygen atoms in total. The maximum Gasteiger partial charge on any atom is 0.339 e. The summed E-state index contributed by atoms with van der Waals surface area (Å²) in [5, 5.41) is 13.5. The monoisotopic (exact) mass is 265 g/mol. The minimum absolute atomic E-state index is 0.116. The molecule has 0 aliphatic rings. The third kappa shape index (κ3) is 1.85. The molecule has 98 valence electrons. The third-order valence-electron chi connectivity index (χ3n) is 2.98. The fourth-order valence-electron chi connectivity index (χ4n) is 2.06. The first-order valence-corrected chi connectivity index (χ1v) is 6.01. The van der Waals surface area contributed by atoms with Gasteiger partial charge in [-0.3, -0.25) is 0 Å². The average molecular weight is 265 g/mol. The normalized spacial score (nSPS) is 10.6. The standard InChI is InChI=1S/C15H11N3O2/c1-2-13-16-14-11(15(19)20)8-9-12(18(14)17-13)10-6-4-3-5-7-10/h2-9H,1H2,(H,19,20). The Balaban J connectivity index is 2.35. The van der Waals surface area contributed by atoms with Crippen LogP contribution in [-0.2, 0) is 0 Å². The Labute approximate surface area is 114 Å². The van der Waals surface area contributed by atoms with Crippen molar-refractivity contribution in [3.05, 3.63) is 60.4 Å². The van der Waals surface area contributed by atoms with E-state index >= 15 is 0 Å². The number of hydrogen-bond donors (Lipinski definition) is 1. The molecule has 1 N–H and O–H groups in total. The number of benzene rings is 1. The van der Waals surface area contributed by atoms with Crippen LogP contribution in [-0.4, -0.2) is 25.7 Å². The Morgan fingerprint density at radius 3 is 2.60 bits per heavy atom. The second-order valence-corrected chi connectivity index (χ2v) is 4.21. The van der Waals surface area contributed by atoms with E-state index in [1.807, 2.05) is 30.3 Å². The van der Waals surface area contributed by atoms with Crippen molar-refractivity contribution in [2.75, 3.05) is 0 Å². The Kier molecular flexibility index (Phi) is 2.80. The van der Waals surface area contributed by atoms with Crippen molar-refractivity contribution < 1.29 is 9.90 Å². The zero-order valence-corrected chi connectivity index (χ0v) is 10.5. The molecule has 2 heterocycles. The van der Waals surface area contributed by atoms with Gasteiger partial charge in [-0.05, 0) is 18.2 Å². The van der Waals surface area contributed by atoms with Crippen molar-refractivity contribution in [2.45, 2.75) is 0 Å². The molecule has 0 bridgehead atoms. The number of aromatic carboxylic acids is 1. The second-order valence-electron chi connectivity index (χ2n) is 4.21. The van der Waals surface area contributed by atoms with Crippen molar-refractivity contribution in [1.82, 2.24) is 14.6 Å². The first kappa shape index (κ1) is 12.1. The molecule has 3 aromatic rings. The number of carboxylic acid groups (broad SMARTS) is 1. The molecule has 0 atom stereocenters. The minimum atomic E-state index is -1.03. The molecule has 0 amide bonds. The topological polar surface area (TPSA) is 67.5 Å². The van der Waals surface area contributed by atoms with Gasteiger partial charge >= 0.3 is 5.97 Å². The van der Waals surface area contributed by atoms with Crippen molar-refractivity contribution >= 4 is 17.7 Å². The summed E-state index contributed by atoms with van der Waals surface area (Å²) in [4.78, 5) is 15.4. The molecule has 0 saturated carbocycles. The molecule has 1 aromatic carbocycles. The molecule has 5 heteroatoms. The van der Waals surface area contributed by atoms with Gasteiger partial charge in [0.2, 0.25) is 0 Å². The number of fused-ring (bicyclic) bond motifs is 1. The Hall–Kier alpha value is -2.95. The first-order chi connectivity index (χ1) is 9.70. The number of carbonyl (C=O) groups is 1. The fraction of sp³-hybridized carbons (Fsp3) is 0. The number of hydrogen-bond acceptors (Lipinski definition) is 3. The van der Waals surface area contributed by atoms with Crippen LogP contribution in [0.25, 0.3) is 23.0 Å². The van der Waals surface area contributed by atoms with Crippen LogP contribution in [0.15, 0.2) is 49.0 Å². The van der Waals surface area contributed by atoms with Crippen molar-refractivity contribution in [2.24, 2.45) is 0 Å². The summed E-state index contributed by atoms with van der Waals surface area (Å²) in [6, 6.07) is 12.9. The van der Waals surface area contributed by atoms with E-state index in [1.54, 1.807) is 12.1 Å². The summed E-state index contributed by atoms with van der Waals surface area (Å²) in [6.45, 7) is 3.62. The molecular formula is C15H11N3O2. The van der Waals surface area contributed by atoms with Gasteiger partial charge in [-0.2, -0.15) is 0 Å². The summed E-state index contributed by atoms with van der Waals surface area (Å²) >= 11 is 0. The highest BCUT2D eigenvalue weighted by Crippen LogP contribution is 2.22. The summed E-state index contributed by atoms with van der Waals surface area (Å²) in [5.41, 5.74) is 2.15. The Morgan fingerprint density at radius 2 is 1.95 bits per heavy atom. The van der Waals surface area contributed by atoms with Crippen molar-refractivity contribution in [3.63, 3.8) is 0 Å². The van der Waals surface area contributed by atoms with Gasteiger partial charge in [-0.15, -0.1) is 5.10 Å². The highest BCUT2D eigenvalue weighted by Gasteiger charge is 2.15. The average Bonchev–Trinajstić information content (AvgIpc) is 2.90. The van der Waals surface area contributed by atoms with Crippen LogP contribution in [0.5, 0.6) is 0 Å². The van der Waals surface area contributed by atoms with Crippen LogP contribution in [0.4, 0.5) is 0 Å². The van der Waals surface area contributed by atoms with E-state index in [-0.39, 0.29) is 5.56 Å². The maximum atomic E-state index is 11.3. The van der Waals surface area contributed by atoms with E-state index in [0.29, 0.717) is 11.5 Å². The lowest BCUT2D eigenvalue weighted by molar-refractivity contribution is 0.0698.